The minimum Gasteiger partial charge on any atom is 0 e. The van der Waals surface area contributed by atoms with E-state index < -0.39 is 14.5 Å². The van der Waals surface area contributed by atoms with Crippen molar-refractivity contribution < 1.29 is 31.7 Å². The zero-order chi connectivity index (χ0) is 3.58. The second-order valence-electron chi connectivity index (χ2n) is 0.231. The Hall–Kier alpha value is 0.863. The van der Waals surface area contributed by atoms with Crippen LogP contribution in [0.5, 0.6) is 0 Å². The van der Waals surface area contributed by atoms with Crippen LogP contribution < -0.4 is 0 Å². The molecule has 0 radical (unpaired) electrons. The predicted molar refractivity (Wildman–Crippen MR) is 10.9 cm³/mol. The van der Waals surface area contributed by atoms with Crippen LogP contribution in [0.2, 0.25) is 0 Å². The van der Waals surface area contributed by atoms with E-state index in [9.17, 15) is 0 Å². The maximum atomic E-state index is 8.76. The predicted octanol–water partition coefficient (Wildman–Crippen LogP) is -1.62. The summed E-state index contributed by atoms with van der Waals surface area (Å²) in [5.74, 6) is 0. The molecule has 0 aromatic heterocycles. The first-order valence-electron chi connectivity index (χ1n) is 0.532. The van der Waals surface area contributed by atoms with Gasteiger partial charge in [-0.1, -0.05) is 0 Å². The molecule has 2 N–H and O–H groups in total. The van der Waals surface area contributed by atoms with Crippen LogP contribution in [0.4, 0.5) is 0 Å². The third-order valence-corrected chi connectivity index (χ3v) is 0. The molecule has 0 saturated carbocycles. The van der Waals surface area contributed by atoms with E-state index in [1.807, 2.05) is 0 Å². The summed E-state index contributed by atoms with van der Waals surface area (Å²) in [6.45, 7) is 0. The van der Waals surface area contributed by atoms with E-state index >= 15 is 0 Å². The van der Waals surface area contributed by atoms with Crippen molar-refractivity contribution in [3.63, 3.8) is 0 Å². The molecule has 0 atom stereocenters. The molecular formula is H2O3SeZn. The molecule has 0 aliphatic heterocycles. The Morgan fingerprint density at radius 3 is 1.40 bits per heavy atom. The maximum absolute atomic E-state index is 8.76. The zero-order valence-corrected chi connectivity index (χ0v) is 7.10. The van der Waals surface area contributed by atoms with Crippen LogP contribution in [0.3, 0.4) is 0 Å². The third kappa shape index (κ3) is 53.5. The van der Waals surface area contributed by atoms with Crippen LogP contribution in [0.15, 0.2) is 0 Å². The first-order valence-corrected chi connectivity index (χ1v) is 2.76. The van der Waals surface area contributed by atoms with Crippen molar-refractivity contribution in [1.82, 2.24) is 0 Å². The van der Waals surface area contributed by atoms with Gasteiger partial charge in [-0.15, -0.1) is 0 Å². The van der Waals surface area contributed by atoms with Gasteiger partial charge in [0, 0.05) is 19.5 Å². The minimum absolute atomic E-state index is 0. The van der Waals surface area contributed by atoms with Crippen LogP contribution in [0, 0.1) is 0 Å². The van der Waals surface area contributed by atoms with Crippen molar-refractivity contribution in [3.8, 4) is 0 Å². The van der Waals surface area contributed by atoms with Crippen molar-refractivity contribution in [2.45, 2.75) is 0 Å². The van der Waals surface area contributed by atoms with Gasteiger partial charge in [-0.25, -0.2) is 0 Å². The summed E-state index contributed by atoms with van der Waals surface area (Å²) in [5.41, 5.74) is 0. The molecule has 0 aromatic rings. The van der Waals surface area contributed by atoms with Gasteiger partial charge in [0.1, 0.15) is 0 Å². The number of hydrogen-bond acceptors (Lipinski definition) is 1. The molecule has 0 aliphatic rings. The van der Waals surface area contributed by atoms with Crippen LogP contribution in [-0.2, 0) is 23.3 Å². The smallest absolute Gasteiger partial charge is 0 e. The van der Waals surface area contributed by atoms with Gasteiger partial charge in [-0.2, -0.15) is 0 Å². The molecule has 5 heteroatoms. The fraction of sp³-hybridized carbons (Fsp3) is 0. The molecule has 0 fully saturated rings. The largest absolute Gasteiger partial charge is 0 e. The molecule has 0 aliphatic carbocycles. The fourth-order valence-corrected chi connectivity index (χ4v) is 0. The maximum Gasteiger partial charge on any atom is 0 e. The Morgan fingerprint density at radius 1 is 1.40 bits per heavy atom. The summed E-state index contributed by atoms with van der Waals surface area (Å²) in [4.78, 5) is 0. The van der Waals surface area contributed by atoms with Crippen molar-refractivity contribution in [1.29, 1.82) is 0 Å². The van der Waals surface area contributed by atoms with Crippen LogP contribution in [-0.4, -0.2) is 22.9 Å². The van der Waals surface area contributed by atoms with Crippen LogP contribution in [0.25, 0.3) is 0 Å². The van der Waals surface area contributed by atoms with E-state index in [0.29, 0.717) is 0 Å². The molecule has 0 rings (SSSR count). The van der Waals surface area contributed by atoms with Gasteiger partial charge in [0.25, 0.3) is 0 Å². The van der Waals surface area contributed by atoms with Crippen LogP contribution in [0.1, 0.15) is 0 Å². The van der Waals surface area contributed by atoms with E-state index in [-0.39, 0.29) is 19.5 Å². The molecule has 0 unspecified atom stereocenters. The molecular weight excluding hydrogens is 192 g/mol. The summed E-state index contributed by atoms with van der Waals surface area (Å²) >= 11 is -3.29. The van der Waals surface area contributed by atoms with Gasteiger partial charge in [0.05, 0.1) is 0 Å². The van der Waals surface area contributed by atoms with Gasteiger partial charge in [0.15, 0.2) is 0 Å². The number of hydrogen-bond donors (Lipinski definition) is 2. The van der Waals surface area contributed by atoms with Gasteiger partial charge in [-0.3, -0.25) is 0 Å². The fourth-order valence-electron chi connectivity index (χ4n) is 0. The third-order valence-electron chi connectivity index (χ3n) is 0. The second kappa shape index (κ2) is 4.86. The van der Waals surface area contributed by atoms with Gasteiger partial charge in [-0.05, 0) is 0 Å². The summed E-state index contributed by atoms with van der Waals surface area (Å²) in [6.07, 6.45) is 0. The minimum atomic E-state index is -3.29. The van der Waals surface area contributed by atoms with Crippen molar-refractivity contribution in [3.05, 3.63) is 0 Å². The summed E-state index contributed by atoms with van der Waals surface area (Å²) in [7, 11) is 0. The molecule has 5 heavy (non-hydrogen) atoms. The Bertz CT molecular complexity index is 29.9. The normalized spacial score (nSPS) is 7.00. The molecule has 0 saturated heterocycles. The molecule has 28 valence electrons. The first kappa shape index (κ1) is 9.29. The monoisotopic (exact) mass is 194 g/mol. The van der Waals surface area contributed by atoms with Gasteiger partial charge < -0.3 is 0 Å². The van der Waals surface area contributed by atoms with Crippen molar-refractivity contribution in [2.24, 2.45) is 0 Å². The van der Waals surface area contributed by atoms with Crippen LogP contribution >= 0.6 is 0 Å². The van der Waals surface area contributed by atoms with E-state index in [1.165, 1.54) is 0 Å². The number of rotatable bonds is 0. The van der Waals surface area contributed by atoms with Crippen molar-refractivity contribution in [2.75, 3.05) is 0 Å². The quantitative estimate of drug-likeness (QED) is 0.456. The SMILES string of the molecule is O=[Se](O)O.[Zn]. The Labute approximate surface area is 46.5 Å². The summed E-state index contributed by atoms with van der Waals surface area (Å²) in [5, 5.41) is 0. The molecule has 0 bridgehead atoms. The average molecular weight is 194 g/mol. The molecule has 0 amide bonds. The van der Waals surface area contributed by atoms with E-state index in [0.717, 1.165) is 0 Å². The molecule has 3 nitrogen and oxygen atoms in total. The van der Waals surface area contributed by atoms with E-state index in [1.54, 1.807) is 0 Å². The topological polar surface area (TPSA) is 57.5 Å². The Balaban J connectivity index is 0. The second-order valence-corrected chi connectivity index (χ2v) is 1.20. The summed E-state index contributed by atoms with van der Waals surface area (Å²) in [6, 6.07) is 0. The van der Waals surface area contributed by atoms with E-state index in [4.69, 9.17) is 12.2 Å². The Kier molecular flexibility index (Phi) is 9.04. The van der Waals surface area contributed by atoms with E-state index in [2.05, 4.69) is 0 Å². The van der Waals surface area contributed by atoms with Gasteiger partial charge >= 0.3 is 26.7 Å². The molecule has 0 aromatic carbocycles. The van der Waals surface area contributed by atoms with Crippen molar-refractivity contribution >= 4 is 14.5 Å². The molecule has 0 spiro atoms. The zero-order valence-electron chi connectivity index (χ0n) is 2.42. The summed E-state index contributed by atoms with van der Waals surface area (Å²) < 4.78 is 23.1. The Morgan fingerprint density at radius 2 is 1.40 bits per heavy atom. The molecule has 0 heterocycles. The first-order chi connectivity index (χ1) is 1.73. The average Bonchev–Trinajstić information content (AvgIpc) is 0.811. The standard InChI is InChI=1S/H2O3Se.Zn/c1-4(2)3;/h(H2,1,2,3);. The van der Waals surface area contributed by atoms with Gasteiger partial charge in [0.2, 0.25) is 0 Å².